The fraction of sp³-hybridized carbons (Fsp3) is 0.0667. The highest BCUT2D eigenvalue weighted by molar-refractivity contribution is 7.20. The maximum atomic E-state index is 13.5. The Balaban J connectivity index is 1.91. The van der Waals surface area contributed by atoms with Crippen molar-refractivity contribution >= 4 is 27.3 Å². The van der Waals surface area contributed by atoms with Crippen molar-refractivity contribution in [3.63, 3.8) is 0 Å². The van der Waals surface area contributed by atoms with Crippen LogP contribution in [0.1, 0.15) is 15.4 Å². The van der Waals surface area contributed by atoms with E-state index in [1.54, 1.807) is 0 Å². The first-order chi connectivity index (χ1) is 9.65. The lowest BCUT2D eigenvalue weighted by molar-refractivity contribution is 0.0991. The molecule has 0 radical (unpaired) electrons. The molecule has 0 spiro atoms. The topological polar surface area (TPSA) is 30.0 Å². The Morgan fingerprint density at radius 3 is 2.70 bits per heavy atom. The van der Waals surface area contributed by atoms with Gasteiger partial charge in [0.15, 0.2) is 22.4 Å². The highest BCUT2D eigenvalue weighted by Crippen LogP contribution is 2.23. The van der Waals surface area contributed by atoms with Gasteiger partial charge in [-0.25, -0.2) is 13.8 Å². The van der Waals surface area contributed by atoms with Crippen LogP contribution in [0, 0.1) is 11.6 Å². The molecular formula is C15H9F2NOS. The molecule has 0 aliphatic carbocycles. The normalized spacial score (nSPS) is 10.9. The Morgan fingerprint density at radius 2 is 1.90 bits per heavy atom. The van der Waals surface area contributed by atoms with E-state index in [2.05, 4.69) is 4.98 Å². The number of carbonyl (C=O) groups excluding carboxylic acids is 1. The Hall–Kier alpha value is -2.14. The standard InChI is InChI=1S/C15H9F2NOS/c16-10-5-3-4-9(14(10)17)8-12(19)15-18-11-6-1-2-7-13(11)20-15/h1-7H,8H2. The van der Waals surface area contributed by atoms with Gasteiger partial charge in [-0.1, -0.05) is 24.3 Å². The molecule has 2 nitrogen and oxygen atoms in total. The van der Waals surface area contributed by atoms with Crippen molar-refractivity contribution in [2.45, 2.75) is 6.42 Å². The molecule has 100 valence electrons. The summed E-state index contributed by atoms with van der Waals surface area (Å²) in [5.41, 5.74) is 0.787. The van der Waals surface area contributed by atoms with Gasteiger partial charge >= 0.3 is 0 Å². The number of carbonyl (C=O) groups is 1. The second-order valence-corrected chi connectivity index (χ2v) is 5.33. The van der Waals surface area contributed by atoms with Crippen molar-refractivity contribution < 1.29 is 13.6 Å². The summed E-state index contributed by atoms with van der Waals surface area (Å²) in [6, 6.07) is 11.2. The summed E-state index contributed by atoms with van der Waals surface area (Å²) >= 11 is 1.26. The quantitative estimate of drug-likeness (QED) is 0.682. The molecule has 0 saturated heterocycles. The van der Waals surface area contributed by atoms with E-state index in [4.69, 9.17) is 0 Å². The van der Waals surface area contributed by atoms with Gasteiger partial charge in [-0.15, -0.1) is 11.3 Å². The zero-order valence-electron chi connectivity index (χ0n) is 10.3. The Morgan fingerprint density at radius 1 is 1.10 bits per heavy atom. The number of rotatable bonds is 3. The predicted molar refractivity (Wildman–Crippen MR) is 74.0 cm³/mol. The van der Waals surface area contributed by atoms with Gasteiger partial charge in [0, 0.05) is 6.42 Å². The lowest BCUT2D eigenvalue weighted by Crippen LogP contribution is -2.05. The van der Waals surface area contributed by atoms with E-state index in [1.165, 1.54) is 23.5 Å². The third-order valence-electron chi connectivity index (χ3n) is 2.92. The molecule has 0 aliphatic heterocycles. The molecule has 20 heavy (non-hydrogen) atoms. The highest BCUT2D eigenvalue weighted by Gasteiger charge is 2.16. The molecule has 3 rings (SSSR count). The van der Waals surface area contributed by atoms with Gasteiger partial charge in [0.05, 0.1) is 10.2 Å². The smallest absolute Gasteiger partial charge is 0.195 e. The number of hydrogen-bond donors (Lipinski definition) is 0. The van der Waals surface area contributed by atoms with Crippen LogP contribution in [0.3, 0.4) is 0 Å². The first-order valence-corrected chi connectivity index (χ1v) is 6.78. The van der Waals surface area contributed by atoms with Crippen LogP contribution in [0.15, 0.2) is 42.5 Å². The van der Waals surface area contributed by atoms with E-state index in [-0.39, 0.29) is 17.8 Å². The van der Waals surface area contributed by atoms with Gasteiger partial charge in [-0.2, -0.15) is 0 Å². The molecule has 1 heterocycles. The lowest BCUT2D eigenvalue weighted by atomic mass is 10.1. The van der Waals surface area contributed by atoms with E-state index in [9.17, 15) is 13.6 Å². The van der Waals surface area contributed by atoms with Gasteiger partial charge in [-0.05, 0) is 23.8 Å². The minimum absolute atomic E-state index is 0.0502. The third kappa shape index (κ3) is 2.32. The largest absolute Gasteiger partial charge is 0.291 e. The molecule has 0 amide bonds. The number of hydrogen-bond acceptors (Lipinski definition) is 3. The fourth-order valence-electron chi connectivity index (χ4n) is 1.93. The molecule has 0 N–H and O–H groups in total. The predicted octanol–water partition coefficient (Wildman–Crippen LogP) is 4.00. The summed E-state index contributed by atoms with van der Waals surface area (Å²) in [6.07, 6.45) is -0.191. The number of ketones is 1. The van der Waals surface area contributed by atoms with Gasteiger partial charge in [0.1, 0.15) is 0 Å². The van der Waals surface area contributed by atoms with Crippen LogP contribution in [-0.2, 0) is 6.42 Å². The average Bonchev–Trinajstić information content (AvgIpc) is 2.88. The number of Topliss-reactive ketones (excluding diaryl/α,β-unsaturated/α-hetero) is 1. The van der Waals surface area contributed by atoms with Crippen molar-refractivity contribution in [2.75, 3.05) is 0 Å². The van der Waals surface area contributed by atoms with Crippen molar-refractivity contribution in [1.29, 1.82) is 0 Å². The summed E-state index contributed by atoms with van der Waals surface area (Å²) in [5.74, 6) is -2.22. The van der Waals surface area contributed by atoms with Crippen LogP contribution in [-0.4, -0.2) is 10.8 Å². The number of aromatic nitrogens is 1. The molecule has 3 aromatic rings. The summed E-state index contributed by atoms with van der Waals surface area (Å²) in [6.45, 7) is 0. The van der Waals surface area contributed by atoms with Crippen molar-refractivity contribution in [3.8, 4) is 0 Å². The molecular weight excluding hydrogens is 280 g/mol. The molecule has 2 aromatic carbocycles. The number of para-hydroxylation sites is 1. The van der Waals surface area contributed by atoms with Gasteiger partial charge in [0.25, 0.3) is 0 Å². The Kier molecular flexibility index (Phi) is 3.28. The Labute approximate surface area is 117 Å². The lowest BCUT2D eigenvalue weighted by Gasteiger charge is -2.01. The van der Waals surface area contributed by atoms with Crippen molar-refractivity contribution in [1.82, 2.24) is 4.98 Å². The highest BCUT2D eigenvalue weighted by atomic mass is 32.1. The molecule has 0 aliphatic rings. The number of benzene rings is 2. The van der Waals surface area contributed by atoms with Crippen molar-refractivity contribution in [3.05, 3.63) is 64.7 Å². The minimum Gasteiger partial charge on any atom is -0.291 e. The molecule has 0 unspecified atom stereocenters. The summed E-state index contributed by atoms with van der Waals surface area (Å²) < 4.78 is 27.5. The first-order valence-electron chi connectivity index (χ1n) is 5.97. The van der Waals surface area contributed by atoms with Crippen LogP contribution in [0.2, 0.25) is 0 Å². The van der Waals surface area contributed by atoms with Gasteiger partial charge < -0.3 is 0 Å². The van der Waals surface area contributed by atoms with Crippen LogP contribution < -0.4 is 0 Å². The maximum Gasteiger partial charge on any atom is 0.195 e. The summed E-state index contributed by atoms with van der Waals surface area (Å²) in [5, 5.41) is 0.315. The molecule has 5 heteroatoms. The molecule has 1 aromatic heterocycles. The second-order valence-electron chi connectivity index (χ2n) is 4.30. The zero-order valence-corrected chi connectivity index (χ0v) is 11.1. The van der Waals surface area contributed by atoms with E-state index < -0.39 is 11.6 Å². The van der Waals surface area contributed by atoms with Crippen LogP contribution >= 0.6 is 11.3 Å². The van der Waals surface area contributed by atoms with E-state index in [1.807, 2.05) is 24.3 Å². The van der Waals surface area contributed by atoms with E-state index in [0.717, 1.165) is 16.3 Å². The number of fused-ring (bicyclic) bond motifs is 1. The third-order valence-corrected chi connectivity index (χ3v) is 3.99. The summed E-state index contributed by atoms with van der Waals surface area (Å²) in [7, 11) is 0. The fourth-order valence-corrected chi connectivity index (χ4v) is 2.83. The van der Waals surface area contributed by atoms with Gasteiger partial charge in [0.2, 0.25) is 0 Å². The SMILES string of the molecule is O=C(Cc1cccc(F)c1F)c1nc2ccccc2s1. The molecule has 0 atom stereocenters. The van der Waals surface area contributed by atoms with Crippen LogP contribution in [0.5, 0.6) is 0 Å². The number of halogens is 2. The van der Waals surface area contributed by atoms with E-state index in [0.29, 0.717) is 5.01 Å². The molecule has 0 saturated carbocycles. The molecule has 0 fully saturated rings. The van der Waals surface area contributed by atoms with Crippen LogP contribution in [0.25, 0.3) is 10.2 Å². The van der Waals surface area contributed by atoms with Crippen LogP contribution in [0.4, 0.5) is 8.78 Å². The minimum atomic E-state index is -0.970. The molecule has 0 bridgehead atoms. The average molecular weight is 289 g/mol. The van der Waals surface area contributed by atoms with Gasteiger partial charge in [-0.3, -0.25) is 4.79 Å². The zero-order chi connectivity index (χ0) is 14.1. The van der Waals surface area contributed by atoms with E-state index >= 15 is 0 Å². The maximum absolute atomic E-state index is 13.5. The first kappa shape index (κ1) is 12.9. The second kappa shape index (κ2) is 5.09. The Bertz CT molecular complexity index is 764. The monoisotopic (exact) mass is 289 g/mol. The summed E-state index contributed by atoms with van der Waals surface area (Å²) in [4.78, 5) is 16.3. The number of thiazole rings is 1. The number of nitrogens with zero attached hydrogens (tertiary/aromatic N) is 1. The van der Waals surface area contributed by atoms with Crippen molar-refractivity contribution in [2.24, 2.45) is 0 Å².